The van der Waals surface area contributed by atoms with Crippen LogP contribution in [0.15, 0.2) is 24.3 Å². The van der Waals surface area contributed by atoms with Gasteiger partial charge in [0.1, 0.15) is 4.88 Å². The van der Waals surface area contributed by atoms with E-state index >= 15 is 0 Å². The number of amides is 1. The van der Waals surface area contributed by atoms with E-state index in [9.17, 15) is 18.0 Å². The summed E-state index contributed by atoms with van der Waals surface area (Å²) in [6.45, 7) is 0. The van der Waals surface area contributed by atoms with Crippen molar-refractivity contribution in [2.45, 2.75) is 12.8 Å². The SMILES string of the molecule is O=C(CC1CCS(=O)(=O)C1)Nc1ccc2sc(C(=O)O)cc2c1. The number of carboxylic acid groups (broad SMARTS) is 1. The van der Waals surface area contributed by atoms with Gasteiger partial charge < -0.3 is 10.4 Å². The third-order valence-electron chi connectivity index (χ3n) is 3.81. The Labute approximate surface area is 137 Å². The smallest absolute Gasteiger partial charge is 0.345 e. The summed E-state index contributed by atoms with van der Waals surface area (Å²) < 4.78 is 23.6. The standard InChI is InChI=1S/C15H15NO5S2/c17-14(5-9-3-4-23(20,21)8-9)16-11-1-2-12-10(6-11)7-13(22-12)15(18)19/h1-2,6-7,9H,3-5,8H2,(H,16,17)(H,18,19). The normalized spacial score (nSPS) is 19.7. The van der Waals surface area contributed by atoms with Crippen LogP contribution in [-0.2, 0) is 14.6 Å². The van der Waals surface area contributed by atoms with Crippen LogP contribution in [0.1, 0.15) is 22.5 Å². The first-order chi connectivity index (χ1) is 10.8. The molecule has 0 saturated carbocycles. The van der Waals surface area contributed by atoms with E-state index in [1.54, 1.807) is 24.3 Å². The molecule has 2 N–H and O–H groups in total. The maximum Gasteiger partial charge on any atom is 0.345 e. The minimum Gasteiger partial charge on any atom is -0.477 e. The summed E-state index contributed by atoms with van der Waals surface area (Å²) in [5.41, 5.74) is 0.582. The second kappa shape index (κ2) is 5.93. The summed E-state index contributed by atoms with van der Waals surface area (Å²) in [6, 6.07) is 6.78. The van der Waals surface area contributed by atoms with Crippen molar-refractivity contribution in [2.75, 3.05) is 16.8 Å². The lowest BCUT2D eigenvalue weighted by Crippen LogP contribution is -2.17. The van der Waals surface area contributed by atoms with E-state index in [0.29, 0.717) is 12.1 Å². The van der Waals surface area contributed by atoms with Crippen molar-refractivity contribution in [3.05, 3.63) is 29.1 Å². The highest BCUT2D eigenvalue weighted by Crippen LogP contribution is 2.28. The van der Waals surface area contributed by atoms with Crippen molar-refractivity contribution < 1.29 is 23.1 Å². The Morgan fingerprint density at radius 3 is 2.74 bits per heavy atom. The summed E-state index contributed by atoms with van der Waals surface area (Å²) in [6.07, 6.45) is 0.711. The predicted molar refractivity (Wildman–Crippen MR) is 88.8 cm³/mol. The van der Waals surface area contributed by atoms with E-state index in [4.69, 9.17) is 5.11 Å². The Balaban J connectivity index is 1.68. The number of benzene rings is 1. The number of rotatable bonds is 4. The molecule has 0 radical (unpaired) electrons. The number of carbonyl (C=O) groups is 2. The monoisotopic (exact) mass is 353 g/mol. The first-order valence-corrected chi connectivity index (χ1v) is 9.73. The van der Waals surface area contributed by atoms with Gasteiger partial charge in [-0.3, -0.25) is 4.79 Å². The molecule has 2 aromatic rings. The molecule has 2 heterocycles. The number of sulfone groups is 1. The molecule has 23 heavy (non-hydrogen) atoms. The van der Waals surface area contributed by atoms with E-state index in [1.807, 2.05) is 0 Å². The maximum atomic E-state index is 12.0. The van der Waals surface area contributed by atoms with Crippen molar-refractivity contribution in [1.29, 1.82) is 0 Å². The van der Waals surface area contributed by atoms with E-state index in [1.165, 1.54) is 11.3 Å². The summed E-state index contributed by atoms with van der Waals surface area (Å²) in [5.74, 6) is -1.08. The maximum absolute atomic E-state index is 12.0. The molecule has 8 heteroatoms. The van der Waals surface area contributed by atoms with E-state index in [2.05, 4.69) is 5.32 Å². The number of carboxylic acids is 1. The molecule has 3 rings (SSSR count). The quantitative estimate of drug-likeness (QED) is 0.879. The van der Waals surface area contributed by atoms with Gasteiger partial charge in [0.25, 0.3) is 0 Å². The summed E-state index contributed by atoms with van der Waals surface area (Å²) in [4.78, 5) is 23.3. The molecule has 1 aliphatic rings. The molecule has 1 amide bonds. The highest BCUT2D eigenvalue weighted by Gasteiger charge is 2.29. The molecule has 1 saturated heterocycles. The van der Waals surface area contributed by atoms with Gasteiger partial charge in [0, 0.05) is 16.8 Å². The lowest BCUT2D eigenvalue weighted by atomic mass is 10.0. The van der Waals surface area contributed by atoms with E-state index < -0.39 is 15.8 Å². The lowest BCUT2D eigenvalue weighted by Gasteiger charge is -2.08. The lowest BCUT2D eigenvalue weighted by molar-refractivity contribution is -0.116. The minimum atomic E-state index is -2.98. The molecular weight excluding hydrogens is 338 g/mol. The number of carbonyl (C=O) groups excluding carboxylic acids is 1. The molecule has 1 aromatic carbocycles. The second-order valence-electron chi connectivity index (χ2n) is 5.69. The molecule has 1 fully saturated rings. The number of hydrogen-bond acceptors (Lipinski definition) is 5. The fraction of sp³-hybridized carbons (Fsp3) is 0.333. The third-order valence-corrected chi connectivity index (χ3v) is 6.75. The highest BCUT2D eigenvalue weighted by atomic mass is 32.2. The first kappa shape index (κ1) is 15.9. The Bertz CT molecular complexity index is 884. The molecule has 1 aromatic heterocycles. The van der Waals surface area contributed by atoms with Crippen LogP contribution in [0.2, 0.25) is 0 Å². The number of thiophene rings is 1. The third kappa shape index (κ3) is 3.70. The van der Waals surface area contributed by atoms with Crippen molar-refractivity contribution in [3.63, 3.8) is 0 Å². The second-order valence-corrected chi connectivity index (χ2v) is 9.00. The Morgan fingerprint density at radius 1 is 1.30 bits per heavy atom. The van der Waals surface area contributed by atoms with Crippen LogP contribution in [0.5, 0.6) is 0 Å². The Hall–Kier alpha value is -1.93. The van der Waals surface area contributed by atoms with Crippen LogP contribution in [-0.4, -0.2) is 36.9 Å². The Kier molecular flexibility index (Phi) is 4.11. The predicted octanol–water partition coefficient (Wildman–Crippen LogP) is 2.36. The minimum absolute atomic E-state index is 0.0754. The zero-order valence-corrected chi connectivity index (χ0v) is 13.7. The molecule has 1 unspecified atom stereocenters. The average molecular weight is 353 g/mol. The largest absolute Gasteiger partial charge is 0.477 e. The summed E-state index contributed by atoms with van der Waals surface area (Å²) in [5, 5.41) is 12.5. The van der Waals surface area contributed by atoms with E-state index in [0.717, 1.165) is 10.1 Å². The molecule has 0 bridgehead atoms. The van der Waals surface area contributed by atoms with Crippen molar-refractivity contribution in [1.82, 2.24) is 0 Å². The number of fused-ring (bicyclic) bond motifs is 1. The van der Waals surface area contributed by atoms with Gasteiger partial charge in [-0.1, -0.05) is 0 Å². The van der Waals surface area contributed by atoms with Gasteiger partial charge in [0.2, 0.25) is 5.91 Å². The number of aromatic carboxylic acids is 1. The van der Waals surface area contributed by atoms with Crippen LogP contribution in [0.25, 0.3) is 10.1 Å². The molecule has 6 nitrogen and oxygen atoms in total. The van der Waals surface area contributed by atoms with Crippen LogP contribution >= 0.6 is 11.3 Å². The summed E-state index contributed by atoms with van der Waals surface area (Å²) in [7, 11) is -2.98. The summed E-state index contributed by atoms with van der Waals surface area (Å²) >= 11 is 1.18. The number of anilines is 1. The average Bonchev–Trinajstić information content (AvgIpc) is 3.01. The van der Waals surface area contributed by atoms with Crippen LogP contribution < -0.4 is 5.32 Å². The fourth-order valence-electron chi connectivity index (χ4n) is 2.73. The molecule has 122 valence electrons. The topological polar surface area (TPSA) is 101 Å². The molecule has 0 spiro atoms. The van der Waals surface area contributed by atoms with Gasteiger partial charge in [0.15, 0.2) is 9.84 Å². The molecule has 1 atom stereocenters. The fourth-order valence-corrected chi connectivity index (χ4v) is 5.48. The van der Waals surface area contributed by atoms with Gasteiger partial charge >= 0.3 is 5.97 Å². The zero-order valence-electron chi connectivity index (χ0n) is 12.1. The first-order valence-electron chi connectivity index (χ1n) is 7.09. The van der Waals surface area contributed by atoms with Gasteiger partial charge in [-0.2, -0.15) is 0 Å². The van der Waals surface area contributed by atoms with Crippen LogP contribution in [0, 0.1) is 5.92 Å². The Morgan fingerprint density at radius 2 is 2.09 bits per heavy atom. The number of hydrogen-bond donors (Lipinski definition) is 2. The molecular formula is C15H15NO5S2. The van der Waals surface area contributed by atoms with Crippen molar-refractivity contribution in [2.24, 2.45) is 5.92 Å². The van der Waals surface area contributed by atoms with Crippen molar-refractivity contribution in [3.8, 4) is 0 Å². The number of nitrogens with one attached hydrogen (secondary N) is 1. The highest BCUT2D eigenvalue weighted by molar-refractivity contribution is 7.91. The van der Waals surface area contributed by atoms with Crippen LogP contribution in [0.4, 0.5) is 5.69 Å². The molecule has 1 aliphatic heterocycles. The van der Waals surface area contributed by atoms with Crippen LogP contribution in [0.3, 0.4) is 0 Å². The van der Waals surface area contributed by atoms with Gasteiger partial charge in [-0.05, 0) is 42.0 Å². The van der Waals surface area contributed by atoms with Gasteiger partial charge in [-0.25, -0.2) is 13.2 Å². The van der Waals surface area contributed by atoms with Gasteiger partial charge in [-0.15, -0.1) is 11.3 Å². The van der Waals surface area contributed by atoms with Crippen molar-refractivity contribution >= 4 is 48.8 Å². The zero-order chi connectivity index (χ0) is 16.6. The van der Waals surface area contributed by atoms with E-state index in [-0.39, 0.29) is 34.6 Å². The molecule has 0 aliphatic carbocycles. The van der Waals surface area contributed by atoms with Gasteiger partial charge in [0.05, 0.1) is 11.5 Å².